The van der Waals surface area contributed by atoms with Crippen molar-refractivity contribution in [3.63, 3.8) is 0 Å². The largest absolute Gasteiger partial charge is 0.390 e. The van der Waals surface area contributed by atoms with Crippen molar-refractivity contribution in [3.8, 4) is 0 Å². The van der Waals surface area contributed by atoms with Crippen LogP contribution in [0.25, 0.3) is 0 Å². The third kappa shape index (κ3) is 7.96. The van der Waals surface area contributed by atoms with Crippen LogP contribution in [0, 0.1) is 5.92 Å². The normalized spacial score (nSPS) is 12.6. The first-order chi connectivity index (χ1) is 4.42. The van der Waals surface area contributed by atoms with E-state index in [1.54, 1.807) is 0 Å². The Bertz CT molecular complexity index is 79.2. The fourth-order valence-corrected chi connectivity index (χ4v) is 0.875. The lowest BCUT2D eigenvalue weighted by Crippen LogP contribution is -2.17. The highest BCUT2D eigenvalue weighted by Gasteiger charge is 2.11. The van der Waals surface area contributed by atoms with Crippen molar-refractivity contribution >= 4 is 0 Å². The van der Waals surface area contributed by atoms with Crippen LogP contribution in [0.1, 0.15) is 47.0 Å². The number of hydrogen-bond acceptors (Lipinski definition) is 1. The molecule has 0 saturated heterocycles. The molecule has 0 fully saturated rings. The van der Waals surface area contributed by atoms with Gasteiger partial charge in [0.05, 0.1) is 5.60 Å². The first kappa shape index (κ1) is 9.96. The van der Waals surface area contributed by atoms with E-state index in [1.165, 1.54) is 5.92 Å². The Balaban J connectivity index is 3.21. The van der Waals surface area contributed by atoms with Gasteiger partial charge in [0.15, 0.2) is 0 Å². The molecule has 1 nitrogen and oxygen atoms in total. The molecule has 0 aromatic heterocycles. The Morgan fingerprint density at radius 3 is 2.10 bits per heavy atom. The summed E-state index contributed by atoms with van der Waals surface area (Å²) in [7, 11) is 0. The van der Waals surface area contributed by atoms with Crippen molar-refractivity contribution in [1.82, 2.24) is 0 Å². The van der Waals surface area contributed by atoms with Crippen molar-refractivity contribution < 1.29 is 5.11 Å². The first-order valence-corrected chi connectivity index (χ1v) is 3.93. The van der Waals surface area contributed by atoms with Crippen molar-refractivity contribution in [2.24, 2.45) is 0 Å². The minimum absolute atomic E-state index is 0.477. The van der Waals surface area contributed by atoms with Gasteiger partial charge in [0.25, 0.3) is 0 Å². The van der Waals surface area contributed by atoms with E-state index in [2.05, 4.69) is 13.8 Å². The number of hydrogen-bond donors (Lipinski definition) is 1. The van der Waals surface area contributed by atoms with Gasteiger partial charge in [-0.2, -0.15) is 0 Å². The molecule has 1 N–H and O–H groups in total. The smallest absolute Gasteiger partial charge is 0.0591 e. The highest BCUT2D eigenvalue weighted by molar-refractivity contribution is 4.77. The maximum absolute atomic E-state index is 9.32. The SMILES string of the molecule is C[C](C)CCCC(C)(C)O. The molecule has 0 heterocycles. The van der Waals surface area contributed by atoms with E-state index >= 15 is 0 Å². The predicted molar refractivity (Wildman–Crippen MR) is 44.7 cm³/mol. The number of rotatable bonds is 4. The van der Waals surface area contributed by atoms with E-state index in [-0.39, 0.29) is 0 Å². The predicted octanol–water partition coefficient (Wildman–Crippen LogP) is 2.54. The summed E-state index contributed by atoms with van der Waals surface area (Å²) in [6.45, 7) is 7.98. The molecule has 0 bridgehead atoms. The Morgan fingerprint density at radius 2 is 1.80 bits per heavy atom. The zero-order valence-electron chi connectivity index (χ0n) is 7.57. The third-order valence-electron chi connectivity index (χ3n) is 1.47. The van der Waals surface area contributed by atoms with Crippen molar-refractivity contribution in [2.45, 2.75) is 52.6 Å². The second kappa shape index (κ2) is 3.97. The summed E-state index contributed by atoms with van der Waals surface area (Å²) in [5.41, 5.74) is -0.477. The van der Waals surface area contributed by atoms with E-state index < -0.39 is 5.60 Å². The molecule has 10 heavy (non-hydrogen) atoms. The van der Waals surface area contributed by atoms with Gasteiger partial charge in [0.2, 0.25) is 0 Å². The lowest BCUT2D eigenvalue weighted by molar-refractivity contribution is 0.0686. The molecule has 1 radical (unpaired) electrons. The van der Waals surface area contributed by atoms with Gasteiger partial charge in [0.1, 0.15) is 0 Å². The lowest BCUT2D eigenvalue weighted by Gasteiger charge is -2.16. The van der Waals surface area contributed by atoms with Crippen LogP contribution in [0.4, 0.5) is 0 Å². The zero-order chi connectivity index (χ0) is 8.20. The van der Waals surface area contributed by atoms with Crippen LogP contribution in [-0.4, -0.2) is 10.7 Å². The molecule has 1 heteroatoms. The van der Waals surface area contributed by atoms with E-state index in [0.717, 1.165) is 19.3 Å². The van der Waals surface area contributed by atoms with E-state index in [4.69, 9.17) is 0 Å². The molecule has 0 rings (SSSR count). The molecule has 0 atom stereocenters. The lowest BCUT2D eigenvalue weighted by atomic mass is 9.98. The summed E-state index contributed by atoms with van der Waals surface area (Å²) in [6, 6.07) is 0. The topological polar surface area (TPSA) is 20.2 Å². The molecule has 0 saturated carbocycles. The fraction of sp³-hybridized carbons (Fsp3) is 0.889. The third-order valence-corrected chi connectivity index (χ3v) is 1.47. The summed E-state index contributed by atoms with van der Waals surface area (Å²) in [6.07, 6.45) is 3.15. The molecule has 0 aromatic carbocycles. The van der Waals surface area contributed by atoms with Gasteiger partial charge >= 0.3 is 0 Å². The molecule has 0 aliphatic carbocycles. The van der Waals surface area contributed by atoms with Crippen LogP contribution in [0.5, 0.6) is 0 Å². The quantitative estimate of drug-likeness (QED) is 0.641. The van der Waals surface area contributed by atoms with Gasteiger partial charge in [-0.25, -0.2) is 0 Å². The van der Waals surface area contributed by atoms with E-state index in [9.17, 15) is 5.11 Å². The van der Waals surface area contributed by atoms with Crippen LogP contribution in [-0.2, 0) is 0 Å². The summed E-state index contributed by atoms with van der Waals surface area (Å²) < 4.78 is 0. The summed E-state index contributed by atoms with van der Waals surface area (Å²) in [4.78, 5) is 0. The van der Waals surface area contributed by atoms with Crippen molar-refractivity contribution in [3.05, 3.63) is 5.92 Å². The average Bonchev–Trinajstić information content (AvgIpc) is 1.59. The first-order valence-electron chi connectivity index (χ1n) is 3.93. The van der Waals surface area contributed by atoms with Gasteiger partial charge in [-0.15, -0.1) is 0 Å². The molecule has 0 aliphatic heterocycles. The van der Waals surface area contributed by atoms with Crippen molar-refractivity contribution in [2.75, 3.05) is 0 Å². The molecular weight excluding hydrogens is 124 g/mol. The monoisotopic (exact) mass is 143 g/mol. The Morgan fingerprint density at radius 1 is 1.30 bits per heavy atom. The van der Waals surface area contributed by atoms with Crippen LogP contribution in [0.3, 0.4) is 0 Å². The Labute approximate surface area is 64.5 Å². The maximum atomic E-state index is 9.32. The molecule has 0 amide bonds. The molecule has 0 aromatic rings. The summed E-state index contributed by atoms with van der Waals surface area (Å²) in [5, 5.41) is 9.32. The maximum Gasteiger partial charge on any atom is 0.0591 e. The average molecular weight is 143 g/mol. The van der Waals surface area contributed by atoms with Gasteiger partial charge in [0, 0.05) is 0 Å². The van der Waals surface area contributed by atoms with E-state index in [1.807, 2.05) is 13.8 Å². The minimum atomic E-state index is -0.477. The zero-order valence-corrected chi connectivity index (χ0v) is 7.57. The molecule has 0 unspecified atom stereocenters. The van der Waals surface area contributed by atoms with Gasteiger partial charge in [-0.3, -0.25) is 0 Å². The molecule has 0 aliphatic rings. The standard InChI is InChI=1S/C9H19O/c1-8(2)6-5-7-9(3,4)10/h10H,5-7H2,1-4H3. The minimum Gasteiger partial charge on any atom is -0.390 e. The van der Waals surface area contributed by atoms with Crippen LogP contribution in [0.15, 0.2) is 0 Å². The highest BCUT2D eigenvalue weighted by Crippen LogP contribution is 2.15. The van der Waals surface area contributed by atoms with Crippen molar-refractivity contribution in [1.29, 1.82) is 0 Å². The van der Waals surface area contributed by atoms with Gasteiger partial charge in [-0.1, -0.05) is 20.3 Å². The molecule has 61 valence electrons. The van der Waals surface area contributed by atoms with Gasteiger partial charge in [-0.05, 0) is 32.6 Å². The molecular formula is C9H19O. The van der Waals surface area contributed by atoms with Crippen LogP contribution < -0.4 is 0 Å². The van der Waals surface area contributed by atoms with Gasteiger partial charge < -0.3 is 5.11 Å². The molecule has 0 spiro atoms. The summed E-state index contributed by atoms with van der Waals surface area (Å²) in [5.74, 6) is 1.45. The van der Waals surface area contributed by atoms with Crippen LogP contribution >= 0.6 is 0 Å². The number of aliphatic hydroxyl groups is 1. The fourth-order valence-electron chi connectivity index (χ4n) is 0.875. The highest BCUT2D eigenvalue weighted by atomic mass is 16.3. The van der Waals surface area contributed by atoms with Crippen LogP contribution in [0.2, 0.25) is 0 Å². The van der Waals surface area contributed by atoms with E-state index in [0.29, 0.717) is 0 Å². The Kier molecular flexibility index (Phi) is 3.95. The Hall–Kier alpha value is -0.0400. The second-order valence-corrected chi connectivity index (χ2v) is 3.87. The second-order valence-electron chi connectivity index (χ2n) is 3.87. The summed E-state index contributed by atoms with van der Waals surface area (Å²) >= 11 is 0.